The van der Waals surface area contributed by atoms with Gasteiger partial charge in [0.2, 0.25) is 0 Å². The molecule has 0 spiro atoms. The number of amides is 2. The number of carbonyl (C=O) groups is 2. The van der Waals surface area contributed by atoms with Gasteiger partial charge in [0.25, 0.3) is 0 Å². The van der Waals surface area contributed by atoms with Crippen LogP contribution in [-0.2, 0) is 16.0 Å². The zero-order valence-corrected chi connectivity index (χ0v) is 13.9. The number of nitrogens with one attached hydrogen (secondary N) is 2. The monoisotopic (exact) mass is 326 g/mol. The standard InChI is InChI=1S/C19H22N2O3/c1-13(2)15-5-7-16(8-6-15)21-19(24)18(23)20-12-11-14-3-9-17(22)10-4-14/h3-10,13,22H,11-12H2,1-2H3,(H,20,23)(H,21,24). The van der Waals surface area contributed by atoms with E-state index in [1.165, 1.54) is 5.56 Å². The highest BCUT2D eigenvalue weighted by Gasteiger charge is 2.13. The van der Waals surface area contributed by atoms with Crippen LogP contribution >= 0.6 is 0 Å². The summed E-state index contributed by atoms with van der Waals surface area (Å²) >= 11 is 0. The van der Waals surface area contributed by atoms with Gasteiger partial charge in [0.05, 0.1) is 0 Å². The number of benzene rings is 2. The normalized spacial score (nSPS) is 10.5. The van der Waals surface area contributed by atoms with E-state index >= 15 is 0 Å². The van der Waals surface area contributed by atoms with Crippen molar-refractivity contribution in [2.45, 2.75) is 26.2 Å². The molecule has 0 saturated carbocycles. The Morgan fingerprint density at radius 1 is 0.958 bits per heavy atom. The van der Waals surface area contributed by atoms with Gasteiger partial charge in [-0.25, -0.2) is 0 Å². The zero-order valence-electron chi connectivity index (χ0n) is 13.9. The topological polar surface area (TPSA) is 78.4 Å². The fourth-order valence-corrected chi connectivity index (χ4v) is 2.20. The Morgan fingerprint density at radius 2 is 1.58 bits per heavy atom. The summed E-state index contributed by atoms with van der Waals surface area (Å²) in [6.45, 7) is 4.54. The Bertz CT molecular complexity index is 692. The van der Waals surface area contributed by atoms with Gasteiger partial charge in [0, 0.05) is 12.2 Å². The van der Waals surface area contributed by atoms with Crippen LogP contribution < -0.4 is 10.6 Å². The smallest absolute Gasteiger partial charge is 0.313 e. The van der Waals surface area contributed by atoms with Crippen LogP contribution in [0.1, 0.15) is 30.9 Å². The molecular weight excluding hydrogens is 304 g/mol. The quantitative estimate of drug-likeness (QED) is 0.739. The van der Waals surface area contributed by atoms with Gasteiger partial charge in [0.15, 0.2) is 0 Å². The molecular formula is C19H22N2O3. The summed E-state index contributed by atoms with van der Waals surface area (Å²) in [5.74, 6) is -0.733. The molecule has 126 valence electrons. The van der Waals surface area contributed by atoms with Crippen molar-refractivity contribution in [1.82, 2.24) is 5.32 Å². The van der Waals surface area contributed by atoms with Crippen molar-refractivity contribution in [2.24, 2.45) is 0 Å². The fourth-order valence-electron chi connectivity index (χ4n) is 2.20. The molecule has 0 aliphatic heterocycles. The zero-order chi connectivity index (χ0) is 17.5. The number of rotatable bonds is 5. The molecule has 2 amide bonds. The fraction of sp³-hybridized carbons (Fsp3) is 0.263. The number of hydrogen-bond acceptors (Lipinski definition) is 3. The largest absolute Gasteiger partial charge is 0.508 e. The van der Waals surface area contributed by atoms with E-state index in [1.807, 2.05) is 12.1 Å². The third-order valence-corrected chi connectivity index (χ3v) is 3.68. The summed E-state index contributed by atoms with van der Waals surface area (Å²) in [4.78, 5) is 23.7. The molecule has 0 aromatic heterocycles. The number of phenols is 1. The maximum atomic E-state index is 11.9. The van der Waals surface area contributed by atoms with Crippen LogP contribution in [0, 0.1) is 0 Å². The van der Waals surface area contributed by atoms with E-state index in [0.29, 0.717) is 24.6 Å². The molecule has 5 nitrogen and oxygen atoms in total. The molecule has 0 aliphatic rings. The molecule has 0 aliphatic carbocycles. The van der Waals surface area contributed by atoms with Gasteiger partial charge < -0.3 is 15.7 Å². The Balaban J connectivity index is 1.79. The van der Waals surface area contributed by atoms with Crippen LogP contribution in [0.3, 0.4) is 0 Å². The first-order valence-corrected chi connectivity index (χ1v) is 7.93. The van der Waals surface area contributed by atoms with Crippen molar-refractivity contribution in [3.63, 3.8) is 0 Å². The van der Waals surface area contributed by atoms with E-state index in [1.54, 1.807) is 36.4 Å². The summed E-state index contributed by atoms with van der Waals surface area (Å²) < 4.78 is 0. The molecule has 2 rings (SSSR count). The van der Waals surface area contributed by atoms with Gasteiger partial charge in [0.1, 0.15) is 5.75 Å². The van der Waals surface area contributed by atoms with Gasteiger partial charge in [-0.1, -0.05) is 38.1 Å². The third kappa shape index (κ3) is 5.12. The average Bonchev–Trinajstić information content (AvgIpc) is 2.57. The molecule has 0 unspecified atom stereocenters. The average molecular weight is 326 g/mol. The van der Waals surface area contributed by atoms with E-state index < -0.39 is 11.8 Å². The molecule has 0 heterocycles. The van der Waals surface area contributed by atoms with E-state index in [-0.39, 0.29) is 5.75 Å². The molecule has 2 aromatic rings. The minimum atomic E-state index is -0.682. The lowest BCUT2D eigenvalue weighted by atomic mass is 10.0. The lowest BCUT2D eigenvalue weighted by Crippen LogP contribution is -2.36. The maximum absolute atomic E-state index is 11.9. The highest BCUT2D eigenvalue weighted by atomic mass is 16.3. The second kappa shape index (κ2) is 8.15. The van der Waals surface area contributed by atoms with Gasteiger partial charge in [-0.3, -0.25) is 9.59 Å². The van der Waals surface area contributed by atoms with Gasteiger partial charge >= 0.3 is 11.8 Å². The lowest BCUT2D eigenvalue weighted by Gasteiger charge is -2.09. The van der Waals surface area contributed by atoms with E-state index in [0.717, 1.165) is 5.56 Å². The first-order chi connectivity index (χ1) is 11.5. The minimum Gasteiger partial charge on any atom is -0.508 e. The number of anilines is 1. The van der Waals surface area contributed by atoms with Gasteiger partial charge in [-0.05, 0) is 47.7 Å². The first kappa shape index (κ1) is 17.5. The van der Waals surface area contributed by atoms with E-state index in [9.17, 15) is 14.7 Å². The van der Waals surface area contributed by atoms with Crippen molar-refractivity contribution in [1.29, 1.82) is 0 Å². The van der Waals surface area contributed by atoms with Crippen LogP contribution in [0.2, 0.25) is 0 Å². The van der Waals surface area contributed by atoms with Crippen molar-refractivity contribution in [3.8, 4) is 5.75 Å². The maximum Gasteiger partial charge on any atom is 0.313 e. The van der Waals surface area contributed by atoms with Crippen LogP contribution in [0.15, 0.2) is 48.5 Å². The first-order valence-electron chi connectivity index (χ1n) is 7.93. The number of carbonyl (C=O) groups excluding carboxylic acids is 2. The predicted molar refractivity (Wildman–Crippen MR) is 94.0 cm³/mol. The summed E-state index contributed by atoms with van der Waals surface area (Å²) in [6.07, 6.45) is 0.586. The molecule has 0 radical (unpaired) electrons. The van der Waals surface area contributed by atoms with E-state index in [2.05, 4.69) is 24.5 Å². The number of hydrogen-bond donors (Lipinski definition) is 3. The number of aromatic hydroxyl groups is 1. The summed E-state index contributed by atoms with van der Waals surface area (Å²) in [7, 11) is 0. The van der Waals surface area contributed by atoms with E-state index in [4.69, 9.17) is 0 Å². The third-order valence-electron chi connectivity index (χ3n) is 3.68. The molecule has 0 atom stereocenters. The Kier molecular flexibility index (Phi) is 5.95. The summed E-state index contributed by atoms with van der Waals surface area (Å²) in [5, 5.41) is 14.4. The van der Waals surface area contributed by atoms with Crippen molar-refractivity contribution < 1.29 is 14.7 Å². The molecule has 3 N–H and O–H groups in total. The predicted octanol–water partition coefficient (Wildman–Crippen LogP) is 2.81. The van der Waals surface area contributed by atoms with Gasteiger partial charge in [-0.2, -0.15) is 0 Å². The van der Waals surface area contributed by atoms with Crippen molar-refractivity contribution in [3.05, 3.63) is 59.7 Å². The van der Waals surface area contributed by atoms with Gasteiger partial charge in [-0.15, -0.1) is 0 Å². The van der Waals surface area contributed by atoms with Crippen LogP contribution in [0.25, 0.3) is 0 Å². The highest BCUT2D eigenvalue weighted by Crippen LogP contribution is 2.17. The summed E-state index contributed by atoms with van der Waals surface area (Å²) in [5.41, 5.74) is 2.74. The number of phenolic OH excluding ortho intramolecular Hbond substituents is 1. The molecule has 2 aromatic carbocycles. The summed E-state index contributed by atoms with van der Waals surface area (Å²) in [6, 6.07) is 14.2. The second-order valence-corrected chi connectivity index (χ2v) is 5.90. The molecule has 5 heteroatoms. The lowest BCUT2D eigenvalue weighted by molar-refractivity contribution is -0.136. The minimum absolute atomic E-state index is 0.200. The Hall–Kier alpha value is -2.82. The molecule has 0 bridgehead atoms. The Morgan fingerprint density at radius 3 is 2.17 bits per heavy atom. The molecule has 0 saturated heterocycles. The Labute approximate surface area is 141 Å². The van der Waals surface area contributed by atoms with Crippen LogP contribution in [-0.4, -0.2) is 23.5 Å². The highest BCUT2D eigenvalue weighted by molar-refractivity contribution is 6.39. The van der Waals surface area contributed by atoms with Crippen LogP contribution in [0.4, 0.5) is 5.69 Å². The SMILES string of the molecule is CC(C)c1ccc(NC(=O)C(=O)NCCc2ccc(O)cc2)cc1. The van der Waals surface area contributed by atoms with Crippen molar-refractivity contribution in [2.75, 3.05) is 11.9 Å². The molecule has 24 heavy (non-hydrogen) atoms. The van der Waals surface area contributed by atoms with Crippen LogP contribution in [0.5, 0.6) is 5.75 Å². The molecule has 0 fully saturated rings. The van der Waals surface area contributed by atoms with Crippen molar-refractivity contribution >= 4 is 17.5 Å². The second-order valence-electron chi connectivity index (χ2n) is 5.90.